The Labute approximate surface area is 179 Å². The van der Waals surface area contributed by atoms with Crippen molar-refractivity contribution < 1.29 is 23.5 Å². The molecule has 1 aliphatic rings. The van der Waals surface area contributed by atoms with Crippen LogP contribution in [0.3, 0.4) is 0 Å². The molecule has 0 aromatic heterocycles. The number of hydrogen-bond donors (Lipinski definition) is 4. The average molecular weight is 432 g/mol. The van der Waals surface area contributed by atoms with Gasteiger partial charge in [0.1, 0.15) is 11.6 Å². The number of carbonyl (C=O) groups is 2. The third-order valence-electron chi connectivity index (χ3n) is 5.27. The first kappa shape index (κ1) is 22.3. The molecule has 0 bridgehead atoms. The second kappa shape index (κ2) is 10.6. The van der Waals surface area contributed by atoms with Crippen molar-refractivity contribution in [2.45, 2.75) is 31.8 Å². The van der Waals surface area contributed by atoms with Gasteiger partial charge in [0, 0.05) is 36.9 Å². The van der Waals surface area contributed by atoms with E-state index in [0.29, 0.717) is 26.1 Å². The number of carboxylic acid groups (broad SMARTS) is 1. The van der Waals surface area contributed by atoms with E-state index in [1.807, 2.05) is 24.3 Å². The minimum Gasteiger partial charge on any atom is -0.465 e. The van der Waals surface area contributed by atoms with Gasteiger partial charge in [0.25, 0.3) is 0 Å². The number of amides is 3. The maximum atomic E-state index is 13.7. The first-order chi connectivity index (χ1) is 14.9. The Bertz CT molecular complexity index is 880. The lowest BCUT2D eigenvalue weighted by Gasteiger charge is -2.33. The van der Waals surface area contributed by atoms with Crippen LogP contribution in [0.15, 0.2) is 42.5 Å². The number of urea groups is 1. The van der Waals surface area contributed by atoms with E-state index in [4.69, 9.17) is 5.11 Å². The van der Waals surface area contributed by atoms with Crippen LogP contribution in [0.1, 0.15) is 24.0 Å². The molecule has 0 radical (unpaired) electrons. The monoisotopic (exact) mass is 432 g/mol. The second-order valence-electron chi connectivity index (χ2n) is 7.44. The minimum atomic E-state index is -1.03. The highest BCUT2D eigenvalue weighted by atomic mass is 19.1. The van der Waals surface area contributed by atoms with E-state index in [2.05, 4.69) is 16.0 Å². The van der Waals surface area contributed by atoms with Crippen molar-refractivity contribution in [3.05, 3.63) is 65.2 Å². The number of halogens is 2. The van der Waals surface area contributed by atoms with Crippen LogP contribution in [0.5, 0.6) is 0 Å². The number of likely N-dealkylation sites (tertiary alicyclic amines) is 1. The summed E-state index contributed by atoms with van der Waals surface area (Å²) in [4.78, 5) is 24.5. The van der Waals surface area contributed by atoms with E-state index >= 15 is 0 Å². The predicted octanol–water partition coefficient (Wildman–Crippen LogP) is 3.56. The SMILES string of the molecule is O=C(O)NCCc1ccc(NC2CCN(C(=O)NCc3c(F)cccc3F)CC2)cc1. The molecule has 3 amide bonds. The van der Waals surface area contributed by atoms with Gasteiger partial charge in [-0.25, -0.2) is 18.4 Å². The largest absolute Gasteiger partial charge is 0.465 e. The first-order valence-electron chi connectivity index (χ1n) is 10.2. The van der Waals surface area contributed by atoms with Crippen molar-refractivity contribution >= 4 is 17.8 Å². The van der Waals surface area contributed by atoms with Crippen LogP contribution >= 0.6 is 0 Å². The number of anilines is 1. The molecule has 4 N–H and O–H groups in total. The Morgan fingerprint density at radius 2 is 1.65 bits per heavy atom. The number of nitrogens with one attached hydrogen (secondary N) is 3. The summed E-state index contributed by atoms with van der Waals surface area (Å²) >= 11 is 0. The molecule has 0 atom stereocenters. The van der Waals surface area contributed by atoms with Gasteiger partial charge in [-0.1, -0.05) is 18.2 Å². The Morgan fingerprint density at radius 1 is 1.00 bits per heavy atom. The summed E-state index contributed by atoms with van der Waals surface area (Å²) in [6.07, 6.45) is 1.10. The van der Waals surface area contributed by atoms with Crippen molar-refractivity contribution in [1.29, 1.82) is 0 Å². The van der Waals surface area contributed by atoms with Crippen LogP contribution < -0.4 is 16.0 Å². The van der Waals surface area contributed by atoms with E-state index in [1.165, 1.54) is 18.2 Å². The van der Waals surface area contributed by atoms with E-state index in [-0.39, 0.29) is 24.2 Å². The zero-order valence-corrected chi connectivity index (χ0v) is 17.0. The lowest BCUT2D eigenvalue weighted by Crippen LogP contribution is -2.46. The Morgan fingerprint density at radius 3 is 2.26 bits per heavy atom. The molecule has 7 nitrogen and oxygen atoms in total. The topological polar surface area (TPSA) is 93.7 Å². The van der Waals surface area contributed by atoms with Gasteiger partial charge in [-0.3, -0.25) is 0 Å². The van der Waals surface area contributed by atoms with E-state index in [0.717, 1.165) is 24.1 Å². The van der Waals surface area contributed by atoms with Crippen LogP contribution in [0, 0.1) is 11.6 Å². The number of piperidine rings is 1. The molecule has 166 valence electrons. The molecule has 0 spiro atoms. The molecule has 0 aliphatic carbocycles. The third kappa shape index (κ3) is 6.56. The van der Waals surface area contributed by atoms with Crippen LogP contribution in [0.25, 0.3) is 0 Å². The molecule has 1 heterocycles. The molecular formula is C22H26F2N4O3. The molecule has 2 aromatic carbocycles. The fourth-order valence-corrected chi connectivity index (χ4v) is 3.52. The summed E-state index contributed by atoms with van der Waals surface area (Å²) in [5.74, 6) is -1.35. The molecule has 0 saturated carbocycles. The highest BCUT2D eigenvalue weighted by molar-refractivity contribution is 5.74. The molecule has 2 aromatic rings. The van der Waals surface area contributed by atoms with Crippen molar-refractivity contribution in [2.24, 2.45) is 0 Å². The number of hydrogen-bond acceptors (Lipinski definition) is 3. The zero-order chi connectivity index (χ0) is 22.2. The molecule has 1 fully saturated rings. The Kier molecular flexibility index (Phi) is 7.64. The van der Waals surface area contributed by atoms with Crippen LogP contribution in [0.4, 0.5) is 24.1 Å². The van der Waals surface area contributed by atoms with Gasteiger partial charge < -0.3 is 26.0 Å². The quantitative estimate of drug-likeness (QED) is 0.538. The van der Waals surface area contributed by atoms with Gasteiger partial charge in [0.15, 0.2) is 0 Å². The Hall–Kier alpha value is -3.36. The summed E-state index contributed by atoms with van der Waals surface area (Å²) in [6, 6.07) is 11.3. The predicted molar refractivity (Wildman–Crippen MR) is 113 cm³/mol. The lowest BCUT2D eigenvalue weighted by molar-refractivity contribution is 0.183. The van der Waals surface area contributed by atoms with Crippen molar-refractivity contribution in [3.8, 4) is 0 Å². The van der Waals surface area contributed by atoms with Gasteiger partial charge in [-0.15, -0.1) is 0 Å². The van der Waals surface area contributed by atoms with Crippen LogP contribution in [-0.4, -0.2) is 47.8 Å². The van der Waals surface area contributed by atoms with Gasteiger partial charge in [-0.2, -0.15) is 0 Å². The summed E-state index contributed by atoms with van der Waals surface area (Å²) in [6.45, 7) is 1.26. The number of benzene rings is 2. The third-order valence-corrected chi connectivity index (χ3v) is 5.27. The summed E-state index contributed by atoms with van der Waals surface area (Å²) in [5.41, 5.74) is 1.86. The summed E-state index contributed by atoms with van der Waals surface area (Å²) in [7, 11) is 0. The molecule has 3 rings (SSSR count). The molecule has 0 unspecified atom stereocenters. The van der Waals surface area contributed by atoms with Crippen molar-refractivity contribution in [2.75, 3.05) is 25.0 Å². The smallest absolute Gasteiger partial charge is 0.404 e. The second-order valence-corrected chi connectivity index (χ2v) is 7.44. The van der Waals surface area contributed by atoms with E-state index in [1.54, 1.807) is 4.90 Å². The number of rotatable bonds is 7. The number of nitrogens with zero attached hydrogens (tertiary/aromatic N) is 1. The molecule has 1 saturated heterocycles. The van der Waals surface area contributed by atoms with Gasteiger partial charge in [0.05, 0.1) is 6.54 Å². The normalized spacial score (nSPS) is 14.2. The van der Waals surface area contributed by atoms with Crippen molar-refractivity contribution in [1.82, 2.24) is 15.5 Å². The van der Waals surface area contributed by atoms with E-state index in [9.17, 15) is 18.4 Å². The minimum absolute atomic E-state index is 0.144. The zero-order valence-electron chi connectivity index (χ0n) is 17.0. The number of carbonyl (C=O) groups excluding carboxylic acids is 1. The summed E-state index contributed by atoms with van der Waals surface area (Å²) in [5, 5.41) is 17.0. The summed E-state index contributed by atoms with van der Waals surface area (Å²) < 4.78 is 27.4. The van der Waals surface area contributed by atoms with Gasteiger partial charge in [-0.05, 0) is 49.1 Å². The highest BCUT2D eigenvalue weighted by Crippen LogP contribution is 2.18. The maximum Gasteiger partial charge on any atom is 0.404 e. The first-order valence-corrected chi connectivity index (χ1v) is 10.2. The van der Waals surface area contributed by atoms with E-state index < -0.39 is 17.7 Å². The lowest BCUT2D eigenvalue weighted by atomic mass is 10.0. The average Bonchev–Trinajstić information content (AvgIpc) is 2.75. The Balaban J connectivity index is 1.41. The fraction of sp³-hybridized carbons (Fsp3) is 0.364. The van der Waals surface area contributed by atoms with Crippen LogP contribution in [0.2, 0.25) is 0 Å². The molecule has 9 heteroatoms. The van der Waals surface area contributed by atoms with Crippen LogP contribution in [-0.2, 0) is 13.0 Å². The van der Waals surface area contributed by atoms with Gasteiger partial charge in [0.2, 0.25) is 0 Å². The highest BCUT2D eigenvalue weighted by Gasteiger charge is 2.23. The maximum absolute atomic E-state index is 13.7. The molecular weight excluding hydrogens is 406 g/mol. The standard InChI is InChI=1S/C22H26F2N4O3/c23-19-2-1-3-20(24)18(19)14-26-21(29)28-12-9-17(10-13-28)27-16-6-4-15(5-7-16)8-11-25-22(30)31/h1-7,17,25,27H,8-14H2,(H,26,29)(H,30,31). The molecule has 1 aliphatic heterocycles. The van der Waals surface area contributed by atoms with Crippen molar-refractivity contribution in [3.63, 3.8) is 0 Å². The fourth-order valence-electron chi connectivity index (χ4n) is 3.52. The van der Waals surface area contributed by atoms with Gasteiger partial charge >= 0.3 is 12.1 Å². The molecule has 31 heavy (non-hydrogen) atoms.